The average Bonchev–Trinajstić information content (AvgIpc) is 2.92. The summed E-state index contributed by atoms with van der Waals surface area (Å²) in [6.45, 7) is 0. The third-order valence-electron chi connectivity index (χ3n) is 3.28. The Morgan fingerprint density at radius 1 is 1.23 bits per heavy atom. The van der Waals surface area contributed by atoms with Gasteiger partial charge in [0.05, 0.1) is 11.9 Å². The van der Waals surface area contributed by atoms with Gasteiger partial charge in [-0.15, -0.1) is 0 Å². The number of pyridine rings is 1. The predicted octanol–water partition coefficient (Wildman–Crippen LogP) is 1.88. The number of rotatable bonds is 3. The summed E-state index contributed by atoms with van der Waals surface area (Å²) in [6, 6.07) is 8.78. The molecule has 3 aromatic rings. The molecule has 0 bridgehead atoms. The number of nitrogens with zero attached hydrogens (tertiary/aromatic N) is 3. The maximum absolute atomic E-state index is 12.6. The first kappa shape index (κ1) is 15.0. The molecule has 114 valence electrons. The zero-order chi connectivity index (χ0) is 15.9. The van der Waals surface area contributed by atoms with Gasteiger partial charge in [0.25, 0.3) is 15.6 Å². The fourth-order valence-electron chi connectivity index (χ4n) is 2.23. The van der Waals surface area contributed by atoms with Crippen LogP contribution in [-0.2, 0) is 22.8 Å². The molecule has 8 heteroatoms. The van der Waals surface area contributed by atoms with Crippen molar-refractivity contribution in [3.63, 3.8) is 0 Å². The predicted molar refractivity (Wildman–Crippen MR) is 87.1 cm³/mol. The molecule has 0 saturated heterocycles. The second-order valence-corrected chi connectivity index (χ2v) is 7.54. The van der Waals surface area contributed by atoms with Crippen LogP contribution in [0.15, 0.2) is 52.0 Å². The minimum absolute atomic E-state index is 0.0489. The summed E-state index contributed by atoms with van der Waals surface area (Å²) < 4.78 is 27.9. The highest BCUT2D eigenvalue weighted by Crippen LogP contribution is 2.22. The van der Waals surface area contributed by atoms with Crippen molar-refractivity contribution >= 4 is 36.9 Å². The van der Waals surface area contributed by atoms with Gasteiger partial charge in [-0.3, -0.25) is 4.79 Å². The topological polar surface area (TPSA) is 74.0 Å². The van der Waals surface area contributed by atoms with Gasteiger partial charge in [0.1, 0.15) is 0 Å². The number of aryl methyl sites for hydroxylation is 1. The first-order valence-corrected chi connectivity index (χ1v) is 8.80. The highest BCUT2D eigenvalue weighted by molar-refractivity contribution is 9.10. The zero-order valence-electron chi connectivity index (χ0n) is 11.6. The average molecular weight is 382 g/mol. The third kappa shape index (κ3) is 2.48. The lowest BCUT2D eigenvalue weighted by Crippen LogP contribution is -2.24. The van der Waals surface area contributed by atoms with E-state index in [4.69, 9.17) is 0 Å². The summed E-state index contributed by atoms with van der Waals surface area (Å²) in [5.74, 6) is -0.222. The van der Waals surface area contributed by atoms with Crippen LogP contribution in [0.5, 0.6) is 0 Å². The van der Waals surface area contributed by atoms with Crippen LogP contribution >= 0.6 is 15.9 Å². The van der Waals surface area contributed by atoms with E-state index < -0.39 is 15.6 Å². The summed E-state index contributed by atoms with van der Waals surface area (Å²) in [5, 5.41) is 4.38. The van der Waals surface area contributed by atoms with Crippen LogP contribution in [0.1, 0.15) is 5.56 Å². The van der Waals surface area contributed by atoms with E-state index in [0.29, 0.717) is 15.4 Å². The highest BCUT2D eigenvalue weighted by atomic mass is 79.9. The van der Waals surface area contributed by atoms with Gasteiger partial charge in [0.2, 0.25) is 0 Å². The Morgan fingerprint density at radius 2 is 1.91 bits per heavy atom. The molecular formula is C14H12BrN3O3S. The van der Waals surface area contributed by atoms with Gasteiger partial charge in [0.15, 0.2) is 5.52 Å². The fourth-order valence-corrected chi connectivity index (χ4v) is 4.20. The summed E-state index contributed by atoms with van der Waals surface area (Å²) in [6.07, 6.45) is 2.96. The van der Waals surface area contributed by atoms with E-state index in [1.54, 1.807) is 37.5 Å². The van der Waals surface area contributed by atoms with Crippen molar-refractivity contribution in [2.75, 3.05) is 0 Å². The van der Waals surface area contributed by atoms with E-state index in [1.165, 1.54) is 10.8 Å². The highest BCUT2D eigenvalue weighted by Gasteiger charge is 2.22. The van der Waals surface area contributed by atoms with E-state index in [-0.39, 0.29) is 11.3 Å². The Hall–Kier alpha value is -1.93. The fraction of sp³-hybridized carbons (Fsp3) is 0.143. The van der Waals surface area contributed by atoms with Crippen molar-refractivity contribution in [3.05, 3.63) is 63.1 Å². The number of fused-ring (bicyclic) bond motifs is 1. The molecule has 2 aromatic heterocycles. The smallest absolute Gasteiger partial charge is 0.277 e. The monoisotopic (exact) mass is 381 g/mol. The summed E-state index contributed by atoms with van der Waals surface area (Å²) in [5.41, 5.74) is 0.276. The summed E-state index contributed by atoms with van der Waals surface area (Å²) in [4.78, 5) is 12.3. The van der Waals surface area contributed by atoms with Gasteiger partial charge < -0.3 is 4.57 Å². The molecule has 0 atom stereocenters. The SMILES string of the molecule is Cn1cc(Br)c2cnn(S(=O)(=O)Cc3ccccc3)c2c1=O. The number of hydrogen-bond acceptors (Lipinski definition) is 4. The molecule has 0 unspecified atom stereocenters. The standard InChI is InChI=1S/C14H12BrN3O3S/c1-17-8-12(15)11-7-16-18(13(11)14(17)19)22(20,21)9-10-5-3-2-4-6-10/h2-8H,9H2,1H3. The van der Waals surface area contributed by atoms with Crippen LogP contribution in [0.4, 0.5) is 0 Å². The van der Waals surface area contributed by atoms with E-state index in [1.807, 2.05) is 6.07 Å². The molecule has 0 aliphatic carbocycles. The first-order chi connectivity index (χ1) is 10.4. The molecule has 2 heterocycles. The van der Waals surface area contributed by atoms with Crippen molar-refractivity contribution < 1.29 is 8.42 Å². The Labute approximate surface area is 135 Å². The lowest BCUT2D eigenvalue weighted by molar-refractivity contribution is 0.581. The first-order valence-electron chi connectivity index (χ1n) is 6.40. The third-order valence-corrected chi connectivity index (χ3v) is 5.41. The van der Waals surface area contributed by atoms with Crippen LogP contribution in [0.25, 0.3) is 10.9 Å². The minimum atomic E-state index is -3.78. The van der Waals surface area contributed by atoms with Gasteiger partial charge in [-0.05, 0) is 21.5 Å². The van der Waals surface area contributed by atoms with Crippen LogP contribution < -0.4 is 5.56 Å². The maximum atomic E-state index is 12.6. The Balaban J connectivity index is 2.20. The molecule has 6 nitrogen and oxygen atoms in total. The van der Waals surface area contributed by atoms with Gasteiger partial charge in [-0.25, -0.2) is 8.42 Å². The molecule has 1 aromatic carbocycles. The lowest BCUT2D eigenvalue weighted by Gasteiger charge is -2.07. The van der Waals surface area contributed by atoms with Crippen molar-refractivity contribution in [2.24, 2.45) is 7.05 Å². The minimum Gasteiger partial charge on any atom is -0.316 e. The maximum Gasteiger partial charge on any atom is 0.277 e. The Kier molecular flexibility index (Phi) is 3.65. The van der Waals surface area contributed by atoms with Crippen LogP contribution in [0, 0.1) is 0 Å². The number of halogens is 1. The quantitative estimate of drug-likeness (QED) is 0.693. The van der Waals surface area contributed by atoms with Crippen molar-refractivity contribution in [3.8, 4) is 0 Å². The molecular weight excluding hydrogens is 370 g/mol. The van der Waals surface area contributed by atoms with Crippen molar-refractivity contribution in [2.45, 2.75) is 5.75 Å². The number of hydrogen-bond donors (Lipinski definition) is 0. The molecule has 0 spiro atoms. The second-order valence-electron chi connectivity index (χ2n) is 4.88. The molecule has 22 heavy (non-hydrogen) atoms. The summed E-state index contributed by atoms with van der Waals surface area (Å²) >= 11 is 3.32. The molecule has 0 aliphatic heterocycles. The molecule has 3 rings (SSSR count). The molecule has 0 radical (unpaired) electrons. The van der Waals surface area contributed by atoms with Gasteiger partial charge >= 0.3 is 0 Å². The Morgan fingerprint density at radius 3 is 2.59 bits per heavy atom. The van der Waals surface area contributed by atoms with Crippen LogP contribution in [-0.4, -0.2) is 22.2 Å². The second kappa shape index (κ2) is 5.36. The van der Waals surface area contributed by atoms with Crippen LogP contribution in [0.3, 0.4) is 0 Å². The van der Waals surface area contributed by atoms with E-state index in [0.717, 1.165) is 4.09 Å². The van der Waals surface area contributed by atoms with Crippen molar-refractivity contribution in [1.82, 2.24) is 13.8 Å². The molecule has 0 amide bonds. The van der Waals surface area contributed by atoms with Gasteiger partial charge in [-0.1, -0.05) is 30.3 Å². The normalized spacial score (nSPS) is 11.9. The molecule has 0 aliphatic rings. The van der Waals surface area contributed by atoms with E-state index in [2.05, 4.69) is 21.0 Å². The largest absolute Gasteiger partial charge is 0.316 e. The van der Waals surface area contributed by atoms with E-state index in [9.17, 15) is 13.2 Å². The number of benzene rings is 1. The zero-order valence-corrected chi connectivity index (χ0v) is 14.0. The molecule has 0 saturated carbocycles. The van der Waals surface area contributed by atoms with Crippen LogP contribution in [0.2, 0.25) is 0 Å². The van der Waals surface area contributed by atoms with E-state index >= 15 is 0 Å². The molecule has 0 N–H and O–H groups in total. The van der Waals surface area contributed by atoms with Crippen molar-refractivity contribution in [1.29, 1.82) is 0 Å². The number of aromatic nitrogens is 3. The molecule has 0 fully saturated rings. The Bertz CT molecular complexity index is 1010. The lowest BCUT2D eigenvalue weighted by atomic mass is 10.2. The van der Waals surface area contributed by atoms with Gasteiger partial charge in [0, 0.05) is 23.1 Å². The van der Waals surface area contributed by atoms with Gasteiger partial charge in [-0.2, -0.15) is 9.19 Å². The summed E-state index contributed by atoms with van der Waals surface area (Å²) in [7, 11) is -2.22.